The minimum Gasteiger partial charge on any atom is -0.508 e. The highest BCUT2D eigenvalue weighted by Gasteiger charge is 2.33. The van der Waals surface area contributed by atoms with Gasteiger partial charge in [0.1, 0.15) is 11.5 Å². The van der Waals surface area contributed by atoms with Crippen LogP contribution in [0.25, 0.3) is 0 Å². The molecule has 1 aromatic carbocycles. The van der Waals surface area contributed by atoms with Crippen molar-refractivity contribution in [1.29, 1.82) is 0 Å². The van der Waals surface area contributed by atoms with E-state index in [2.05, 4.69) is 5.32 Å². The summed E-state index contributed by atoms with van der Waals surface area (Å²) in [4.78, 5) is 0. The lowest BCUT2D eigenvalue weighted by atomic mass is 10.1. The molecular weight excluding hydrogens is 204 g/mol. The topological polar surface area (TPSA) is 41.5 Å². The van der Waals surface area contributed by atoms with Crippen molar-refractivity contribution < 1.29 is 18.6 Å². The number of likely N-dealkylation sites (N-methyl/N-ethyl adjacent to an activating group) is 1. The molecule has 0 amide bonds. The van der Waals surface area contributed by atoms with Crippen LogP contribution in [0.2, 0.25) is 0 Å². The number of hydrogen-bond donors (Lipinski definition) is 2. The van der Waals surface area contributed by atoms with E-state index in [0.717, 1.165) is 6.07 Å². The van der Waals surface area contributed by atoms with Gasteiger partial charge in [0.05, 0.1) is 19.2 Å². The average Bonchev–Trinajstić information content (AvgIpc) is 2.17. The van der Waals surface area contributed by atoms with E-state index >= 15 is 0 Å². The first-order valence-electron chi connectivity index (χ1n) is 4.41. The van der Waals surface area contributed by atoms with Crippen LogP contribution in [0.5, 0.6) is 11.5 Å². The predicted octanol–water partition coefficient (Wildman–Crippen LogP) is 1.71. The van der Waals surface area contributed by atoms with E-state index in [1.54, 1.807) is 0 Å². The molecule has 2 N–H and O–H groups in total. The second kappa shape index (κ2) is 4.44. The number of phenolic OH excluding ortho intramolecular Hbond substituents is 1. The smallest absolute Gasteiger partial charge is 0.288 e. The monoisotopic (exact) mass is 217 g/mol. The van der Waals surface area contributed by atoms with Crippen molar-refractivity contribution in [3.05, 3.63) is 23.8 Å². The lowest BCUT2D eigenvalue weighted by Gasteiger charge is -2.18. The van der Waals surface area contributed by atoms with Crippen LogP contribution in [0.4, 0.5) is 8.78 Å². The molecule has 3 nitrogen and oxygen atoms in total. The van der Waals surface area contributed by atoms with Gasteiger partial charge in [-0.2, -0.15) is 8.78 Å². The van der Waals surface area contributed by atoms with Crippen molar-refractivity contribution in [1.82, 2.24) is 5.32 Å². The summed E-state index contributed by atoms with van der Waals surface area (Å²) in [6.07, 6.45) is 0. The van der Waals surface area contributed by atoms with Crippen LogP contribution in [0.15, 0.2) is 18.2 Å². The van der Waals surface area contributed by atoms with Crippen LogP contribution in [-0.2, 0) is 5.92 Å². The number of alkyl halides is 2. The lowest BCUT2D eigenvalue weighted by molar-refractivity contribution is -0.00344. The number of hydrogen-bond acceptors (Lipinski definition) is 3. The third-order valence-electron chi connectivity index (χ3n) is 1.98. The highest BCUT2D eigenvalue weighted by Crippen LogP contribution is 2.36. The highest BCUT2D eigenvalue weighted by molar-refractivity contribution is 5.42. The van der Waals surface area contributed by atoms with Gasteiger partial charge in [-0.3, -0.25) is 0 Å². The van der Waals surface area contributed by atoms with Gasteiger partial charge < -0.3 is 15.2 Å². The summed E-state index contributed by atoms with van der Waals surface area (Å²) in [5, 5.41) is 11.5. The van der Waals surface area contributed by atoms with Gasteiger partial charge in [-0.05, 0) is 19.2 Å². The standard InChI is InChI=1S/C10H13F2NO2/c1-13-6-10(11,12)8-4-3-7(14)5-9(8)15-2/h3-5,13-14H,6H2,1-2H3. The Labute approximate surface area is 86.7 Å². The van der Waals surface area contributed by atoms with Crippen molar-refractivity contribution in [3.8, 4) is 11.5 Å². The lowest BCUT2D eigenvalue weighted by Crippen LogP contribution is -2.28. The highest BCUT2D eigenvalue weighted by atomic mass is 19.3. The van der Waals surface area contributed by atoms with E-state index in [4.69, 9.17) is 9.84 Å². The van der Waals surface area contributed by atoms with E-state index in [1.807, 2.05) is 0 Å². The SMILES string of the molecule is CNCC(F)(F)c1ccc(O)cc1OC. The molecule has 0 unspecified atom stereocenters. The van der Waals surface area contributed by atoms with Gasteiger partial charge >= 0.3 is 0 Å². The number of methoxy groups -OCH3 is 1. The van der Waals surface area contributed by atoms with Gasteiger partial charge in [0, 0.05) is 6.07 Å². The Balaban J connectivity index is 3.12. The Morgan fingerprint density at radius 3 is 2.67 bits per heavy atom. The number of ether oxygens (including phenoxy) is 1. The van der Waals surface area contributed by atoms with Crippen LogP contribution in [0.1, 0.15) is 5.56 Å². The van der Waals surface area contributed by atoms with Crippen LogP contribution in [0.3, 0.4) is 0 Å². The van der Waals surface area contributed by atoms with Crippen molar-refractivity contribution in [3.63, 3.8) is 0 Å². The minimum absolute atomic E-state index is 0.0183. The summed E-state index contributed by atoms with van der Waals surface area (Å²) >= 11 is 0. The largest absolute Gasteiger partial charge is 0.508 e. The molecule has 0 aliphatic rings. The number of rotatable bonds is 4. The normalized spacial score (nSPS) is 11.5. The molecule has 0 spiro atoms. The first-order valence-corrected chi connectivity index (χ1v) is 4.41. The first-order chi connectivity index (χ1) is 7.01. The Kier molecular flexibility index (Phi) is 3.47. The van der Waals surface area contributed by atoms with Crippen molar-refractivity contribution >= 4 is 0 Å². The minimum atomic E-state index is -3.02. The number of halogens is 2. The Morgan fingerprint density at radius 1 is 1.47 bits per heavy atom. The summed E-state index contributed by atoms with van der Waals surface area (Å²) in [7, 11) is 2.73. The van der Waals surface area contributed by atoms with Crippen LogP contribution >= 0.6 is 0 Å². The third kappa shape index (κ3) is 2.56. The predicted molar refractivity (Wildman–Crippen MR) is 52.5 cm³/mol. The van der Waals surface area contributed by atoms with E-state index in [1.165, 1.54) is 26.3 Å². The summed E-state index contributed by atoms with van der Waals surface area (Å²) in [6.45, 7) is -0.478. The maximum atomic E-state index is 13.5. The molecule has 0 radical (unpaired) electrons. The molecule has 1 aromatic rings. The van der Waals surface area contributed by atoms with Crippen LogP contribution < -0.4 is 10.1 Å². The second-order valence-corrected chi connectivity index (χ2v) is 3.12. The zero-order chi connectivity index (χ0) is 11.5. The number of phenols is 1. The fraction of sp³-hybridized carbons (Fsp3) is 0.400. The van der Waals surface area contributed by atoms with Gasteiger partial charge in [-0.1, -0.05) is 0 Å². The quantitative estimate of drug-likeness (QED) is 0.806. The molecule has 0 heterocycles. The Bertz CT molecular complexity index is 342. The van der Waals surface area contributed by atoms with Crippen molar-refractivity contribution in [2.24, 2.45) is 0 Å². The molecule has 0 bridgehead atoms. The first kappa shape index (κ1) is 11.7. The van der Waals surface area contributed by atoms with Crippen molar-refractivity contribution in [2.45, 2.75) is 5.92 Å². The molecule has 0 saturated carbocycles. The number of aromatic hydroxyl groups is 1. The molecule has 15 heavy (non-hydrogen) atoms. The Hall–Kier alpha value is -1.36. The molecule has 5 heteroatoms. The molecule has 84 valence electrons. The molecule has 0 aliphatic carbocycles. The van der Waals surface area contributed by atoms with Gasteiger partial charge in [0.2, 0.25) is 0 Å². The molecule has 0 atom stereocenters. The average molecular weight is 217 g/mol. The summed E-state index contributed by atoms with van der Waals surface area (Å²) in [5.41, 5.74) is -0.239. The van der Waals surface area contributed by atoms with E-state index in [-0.39, 0.29) is 17.1 Å². The van der Waals surface area contributed by atoms with Crippen LogP contribution in [-0.4, -0.2) is 25.8 Å². The fourth-order valence-corrected chi connectivity index (χ4v) is 1.30. The van der Waals surface area contributed by atoms with Crippen LogP contribution in [0, 0.1) is 0 Å². The Morgan fingerprint density at radius 2 is 2.13 bits per heavy atom. The molecule has 1 rings (SSSR count). The number of nitrogens with one attached hydrogen (secondary N) is 1. The molecule has 0 aliphatic heterocycles. The molecule has 0 aromatic heterocycles. The van der Waals surface area contributed by atoms with Crippen molar-refractivity contribution in [2.75, 3.05) is 20.7 Å². The third-order valence-corrected chi connectivity index (χ3v) is 1.98. The van der Waals surface area contributed by atoms with Gasteiger partial charge in [0.25, 0.3) is 5.92 Å². The summed E-state index contributed by atoms with van der Waals surface area (Å²) < 4.78 is 31.8. The maximum absolute atomic E-state index is 13.5. The number of benzene rings is 1. The van der Waals surface area contributed by atoms with E-state index in [9.17, 15) is 8.78 Å². The summed E-state index contributed by atoms with van der Waals surface area (Å²) in [5.74, 6) is -3.14. The molecule has 0 saturated heterocycles. The zero-order valence-electron chi connectivity index (χ0n) is 8.55. The summed E-state index contributed by atoms with van der Waals surface area (Å²) in [6, 6.07) is 3.53. The molecule has 0 fully saturated rings. The van der Waals surface area contributed by atoms with Gasteiger partial charge in [0.15, 0.2) is 0 Å². The maximum Gasteiger partial charge on any atom is 0.288 e. The molecular formula is C10H13F2NO2. The van der Waals surface area contributed by atoms with Gasteiger partial charge in [-0.15, -0.1) is 0 Å². The van der Waals surface area contributed by atoms with E-state index in [0.29, 0.717) is 0 Å². The van der Waals surface area contributed by atoms with E-state index < -0.39 is 12.5 Å². The zero-order valence-corrected chi connectivity index (χ0v) is 8.55. The fourth-order valence-electron chi connectivity index (χ4n) is 1.30. The second-order valence-electron chi connectivity index (χ2n) is 3.12. The van der Waals surface area contributed by atoms with Gasteiger partial charge in [-0.25, -0.2) is 0 Å².